The lowest BCUT2D eigenvalue weighted by atomic mass is 10.1. The van der Waals surface area contributed by atoms with E-state index >= 15 is 0 Å². The van der Waals surface area contributed by atoms with E-state index in [-0.39, 0.29) is 11.4 Å². The van der Waals surface area contributed by atoms with Gasteiger partial charge >= 0.3 is 5.69 Å². The van der Waals surface area contributed by atoms with Gasteiger partial charge in [-0.1, -0.05) is 17.7 Å². The van der Waals surface area contributed by atoms with Crippen molar-refractivity contribution in [2.24, 2.45) is 4.99 Å². The lowest BCUT2D eigenvalue weighted by molar-refractivity contribution is 0.0953. The molecule has 0 unspecified atom stereocenters. The summed E-state index contributed by atoms with van der Waals surface area (Å²) in [6, 6.07) is 6.61. The smallest absolute Gasteiger partial charge is 0.356 e. The first-order chi connectivity index (χ1) is 10.4. The van der Waals surface area contributed by atoms with E-state index in [1.165, 1.54) is 6.34 Å². The highest BCUT2D eigenvalue weighted by atomic mass is 19.1. The Hall–Kier alpha value is -2.83. The highest BCUT2D eigenvalue weighted by Gasteiger charge is 2.14. The van der Waals surface area contributed by atoms with Crippen LogP contribution in [0.2, 0.25) is 0 Å². The van der Waals surface area contributed by atoms with Gasteiger partial charge in [-0.05, 0) is 19.1 Å². The first kappa shape index (κ1) is 15.6. The van der Waals surface area contributed by atoms with Crippen LogP contribution in [0.5, 0.6) is 0 Å². The summed E-state index contributed by atoms with van der Waals surface area (Å²) in [5.41, 5.74) is 0.373. The molecule has 1 aromatic carbocycles. The quantitative estimate of drug-likeness (QED) is 0.638. The molecule has 0 spiro atoms. The van der Waals surface area contributed by atoms with Crippen LogP contribution in [0.4, 0.5) is 10.2 Å². The molecule has 7 heteroatoms. The largest absolute Gasteiger partial charge is 0.369 e. The number of rotatable bonds is 3. The molecule has 0 aliphatic carbocycles. The lowest BCUT2D eigenvalue weighted by Crippen LogP contribution is -2.29. The number of halogens is 1. The van der Waals surface area contributed by atoms with Gasteiger partial charge in [0.05, 0.1) is 12.5 Å². The number of hydrogen-bond donors (Lipinski definition) is 0. The Morgan fingerprint density at radius 1 is 1.32 bits per heavy atom. The summed E-state index contributed by atoms with van der Waals surface area (Å²) >= 11 is 0. The van der Waals surface area contributed by atoms with E-state index in [1.54, 1.807) is 43.3 Å². The third-order valence-corrected chi connectivity index (χ3v) is 2.79. The van der Waals surface area contributed by atoms with Crippen LogP contribution in [0.1, 0.15) is 15.9 Å². The first-order valence-corrected chi connectivity index (χ1v) is 6.49. The minimum atomic E-state index is -0.877. The third-order valence-electron chi connectivity index (χ3n) is 2.79. The van der Waals surface area contributed by atoms with Gasteiger partial charge in [-0.15, -0.1) is 0 Å². The SMILES string of the molecule is Cc1ccc(C(=O)n2cc(F)c(N=CN(C)C)nc2=O)cc1. The van der Waals surface area contributed by atoms with E-state index in [4.69, 9.17) is 0 Å². The van der Waals surface area contributed by atoms with Crippen molar-refractivity contribution < 1.29 is 9.18 Å². The Kier molecular flexibility index (Phi) is 4.45. The molecule has 0 atom stereocenters. The zero-order valence-corrected chi connectivity index (χ0v) is 12.4. The topological polar surface area (TPSA) is 67.6 Å². The summed E-state index contributed by atoms with van der Waals surface area (Å²) in [5, 5.41) is 0. The predicted molar refractivity (Wildman–Crippen MR) is 81.2 cm³/mol. The molecule has 0 N–H and O–H groups in total. The van der Waals surface area contributed by atoms with Gasteiger partial charge < -0.3 is 4.90 Å². The predicted octanol–water partition coefficient (Wildman–Crippen LogP) is 1.60. The highest BCUT2D eigenvalue weighted by molar-refractivity contribution is 5.95. The fourth-order valence-corrected chi connectivity index (χ4v) is 1.67. The van der Waals surface area contributed by atoms with Crippen molar-refractivity contribution in [2.45, 2.75) is 6.92 Å². The van der Waals surface area contributed by atoms with Gasteiger partial charge in [0.15, 0.2) is 11.6 Å². The summed E-state index contributed by atoms with van der Waals surface area (Å²) in [4.78, 5) is 32.9. The summed E-state index contributed by atoms with van der Waals surface area (Å²) in [6.45, 7) is 1.87. The molecule has 0 aliphatic rings. The van der Waals surface area contributed by atoms with Crippen LogP contribution in [-0.4, -0.2) is 40.8 Å². The Labute approximate surface area is 126 Å². The van der Waals surface area contributed by atoms with E-state index in [2.05, 4.69) is 9.98 Å². The van der Waals surface area contributed by atoms with Crippen LogP contribution >= 0.6 is 0 Å². The van der Waals surface area contributed by atoms with Crippen molar-refractivity contribution in [3.05, 3.63) is 57.9 Å². The lowest BCUT2D eigenvalue weighted by Gasteiger charge is -2.06. The van der Waals surface area contributed by atoms with E-state index in [1.807, 2.05) is 6.92 Å². The van der Waals surface area contributed by atoms with E-state index in [9.17, 15) is 14.0 Å². The van der Waals surface area contributed by atoms with Crippen molar-refractivity contribution in [2.75, 3.05) is 14.1 Å². The summed E-state index contributed by atoms with van der Waals surface area (Å²) < 4.78 is 14.5. The van der Waals surface area contributed by atoms with Crippen LogP contribution in [-0.2, 0) is 0 Å². The maximum Gasteiger partial charge on any atom is 0.356 e. The Morgan fingerprint density at radius 2 is 1.95 bits per heavy atom. The summed E-state index contributed by atoms with van der Waals surface area (Å²) in [5.74, 6) is -1.84. The van der Waals surface area contributed by atoms with Gasteiger partial charge in [0, 0.05) is 19.7 Å². The second-order valence-corrected chi connectivity index (χ2v) is 4.94. The minimum absolute atomic E-state index is 0.276. The Morgan fingerprint density at radius 3 is 2.55 bits per heavy atom. The average molecular weight is 302 g/mol. The van der Waals surface area contributed by atoms with Gasteiger partial charge in [-0.25, -0.2) is 18.7 Å². The first-order valence-electron chi connectivity index (χ1n) is 6.49. The molecule has 1 heterocycles. The van der Waals surface area contributed by atoms with Crippen molar-refractivity contribution in [1.29, 1.82) is 0 Å². The van der Waals surface area contributed by atoms with Gasteiger partial charge in [-0.3, -0.25) is 4.79 Å². The third kappa shape index (κ3) is 3.43. The average Bonchev–Trinajstić information content (AvgIpc) is 2.47. The molecule has 0 radical (unpaired) electrons. The second-order valence-electron chi connectivity index (χ2n) is 4.94. The van der Waals surface area contributed by atoms with Crippen LogP contribution in [0, 0.1) is 12.7 Å². The molecular formula is C15H15FN4O2. The number of benzene rings is 1. The Bertz CT molecular complexity index is 779. The van der Waals surface area contributed by atoms with Crippen LogP contribution < -0.4 is 5.69 Å². The fraction of sp³-hybridized carbons (Fsp3) is 0.200. The van der Waals surface area contributed by atoms with E-state index in [0.717, 1.165) is 11.8 Å². The van der Waals surface area contributed by atoms with Crippen LogP contribution in [0.15, 0.2) is 40.2 Å². The molecule has 0 fully saturated rings. The number of hydrogen-bond acceptors (Lipinski definition) is 4. The molecule has 2 aromatic rings. The molecule has 1 aromatic heterocycles. The fourth-order valence-electron chi connectivity index (χ4n) is 1.67. The van der Waals surface area contributed by atoms with Crippen molar-refractivity contribution in [1.82, 2.24) is 14.5 Å². The molecule has 0 aliphatic heterocycles. The number of aromatic nitrogens is 2. The van der Waals surface area contributed by atoms with Gasteiger partial charge in [-0.2, -0.15) is 4.98 Å². The zero-order chi connectivity index (χ0) is 16.3. The van der Waals surface area contributed by atoms with Gasteiger partial charge in [0.25, 0.3) is 5.91 Å². The number of aliphatic imine (C=N–C) groups is 1. The molecule has 2 rings (SSSR count). The zero-order valence-electron chi connectivity index (χ0n) is 12.4. The molecule has 6 nitrogen and oxygen atoms in total. The number of aryl methyl sites for hydroxylation is 1. The minimum Gasteiger partial charge on any atom is -0.369 e. The maximum atomic E-state index is 13.9. The van der Waals surface area contributed by atoms with Crippen LogP contribution in [0.25, 0.3) is 0 Å². The molecule has 0 amide bonds. The molecule has 0 bridgehead atoms. The van der Waals surface area contributed by atoms with Crippen molar-refractivity contribution >= 4 is 18.1 Å². The highest BCUT2D eigenvalue weighted by Crippen LogP contribution is 2.11. The number of carbonyl (C=O) groups excluding carboxylic acids is 1. The number of carbonyl (C=O) groups is 1. The second kappa shape index (κ2) is 6.30. The normalized spacial score (nSPS) is 10.9. The maximum absolute atomic E-state index is 13.9. The summed E-state index contributed by atoms with van der Waals surface area (Å²) in [7, 11) is 3.40. The standard InChI is InChI=1S/C15H15FN4O2/c1-10-4-6-11(7-5-10)14(21)20-8-12(16)13(18-15(20)22)17-9-19(2)3/h4-9H,1-3H3. The summed E-state index contributed by atoms with van der Waals surface area (Å²) in [6.07, 6.45) is 2.12. The molecule has 0 saturated carbocycles. The van der Waals surface area contributed by atoms with Crippen LogP contribution in [0.3, 0.4) is 0 Å². The molecule has 22 heavy (non-hydrogen) atoms. The van der Waals surface area contributed by atoms with Crippen molar-refractivity contribution in [3.8, 4) is 0 Å². The van der Waals surface area contributed by atoms with Gasteiger partial charge in [0.1, 0.15) is 0 Å². The van der Waals surface area contributed by atoms with E-state index in [0.29, 0.717) is 4.57 Å². The monoisotopic (exact) mass is 302 g/mol. The van der Waals surface area contributed by atoms with E-state index < -0.39 is 17.4 Å². The molecule has 114 valence electrons. The van der Waals surface area contributed by atoms with Gasteiger partial charge in [0.2, 0.25) is 0 Å². The number of nitrogens with zero attached hydrogens (tertiary/aromatic N) is 4. The molecular weight excluding hydrogens is 287 g/mol. The van der Waals surface area contributed by atoms with Crippen molar-refractivity contribution in [3.63, 3.8) is 0 Å². The molecule has 0 saturated heterocycles. The Balaban J connectivity index is 2.41.